The first kappa shape index (κ1) is 11.8. The Morgan fingerprint density at radius 3 is 2.33 bits per heavy atom. The normalized spacial score (nSPS) is 9.33. The maximum Gasteiger partial charge on any atom is 0.250 e. The van der Waals surface area contributed by atoms with E-state index in [1.54, 1.807) is 0 Å². The van der Waals surface area contributed by atoms with Gasteiger partial charge in [0.1, 0.15) is 0 Å². The van der Waals surface area contributed by atoms with E-state index in [0.717, 1.165) is 0 Å². The van der Waals surface area contributed by atoms with Crippen LogP contribution in [0.5, 0.6) is 0 Å². The molecule has 0 radical (unpaired) electrons. The highest BCUT2D eigenvalue weighted by atomic mass is 35.5. The molecular formula is C4H11ClF2N2. The summed E-state index contributed by atoms with van der Waals surface area (Å²) < 4.78 is 22.5. The van der Waals surface area contributed by atoms with Crippen LogP contribution in [0.25, 0.3) is 0 Å². The van der Waals surface area contributed by atoms with Gasteiger partial charge in [0.2, 0.25) is 0 Å². The van der Waals surface area contributed by atoms with Crippen molar-refractivity contribution in [3.8, 4) is 0 Å². The number of nitrogens with one attached hydrogen (secondary N) is 1. The summed E-state index contributed by atoms with van der Waals surface area (Å²) in [5.41, 5.74) is 5.01. The van der Waals surface area contributed by atoms with Gasteiger partial charge in [-0.2, -0.15) is 0 Å². The molecular weight excluding hydrogens is 150 g/mol. The SMILES string of the molecule is Cl.NCCNCC(F)F. The molecule has 0 unspecified atom stereocenters. The Bertz CT molecular complexity index is 53.8. The van der Waals surface area contributed by atoms with Crippen molar-refractivity contribution < 1.29 is 8.78 Å². The molecule has 0 aromatic rings. The molecule has 0 amide bonds. The molecule has 0 aromatic heterocycles. The van der Waals surface area contributed by atoms with E-state index in [-0.39, 0.29) is 19.0 Å². The van der Waals surface area contributed by atoms with Gasteiger partial charge < -0.3 is 11.1 Å². The molecule has 0 aromatic carbocycles. The number of hydrogen-bond acceptors (Lipinski definition) is 2. The van der Waals surface area contributed by atoms with Crippen molar-refractivity contribution in [3.05, 3.63) is 0 Å². The first-order valence-corrected chi connectivity index (χ1v) is 2.46. The Morgan fingerprint density at radius 1 is 1.44 bits per heavy atom. The van der Waals surface area contributed by atoms with Crippen molar-refractivity contribution in [1.82, 2.24) is 5.32 Å². The Hall–Kier alpha value is 0.0700. The summed E-state index contributed by atoms with van der Waals surface area (Å²) >= 11 is 0. The average molecular weight is 161 g/mol. The van der Waals surface area contributed by atoms with Crippen LogP contribution in [0, 0.1) is 0 Å². The third-order valence-electron chi connectivity index (χ3n) is 0.620. The lowest BCUT2D eigenvalue weighted by atomic mass is 10.6. The van der Waals surface area contributed by atoms with Gasteiger partial charge >= 0.3 is 0 Å². The number of alkyl halides is 2. The van der Waals surface area contributed by atoms with E-state index in [4.69, 9.17) is 5.73 Å². The van der Waals surface area contributed by atoms with Gasteiger partial charge in [0.15, 0.2) is 0 Å². The van der Waals surface area contributed by atoms with Crippen LogP contribution in [0.4, 0.5) is 8.78 Å². The molecule has 0 spiro atoms. The van der Waals surface area contributed by atoms with Crippen LogP contribution < -0.4 is 11.1 Å². The fourth-order valence-electron chi connectivity index (χ4n) is 0.313. The van der Waals surface area contributed by atoms with Crippen molar-refractivity contribution in [3.63, 3.8) is 0 Å². The van der Waals surface area contributed by atoms with E-state index in [0.29, 0.717) is 13.1 Å². The van der Waals surface area contributed by atoms with Gasteiger partial charge in [-0.05, 0) is 0 Å². The van der Waals surface area contributed by atoms with Crippen molar-refractivity contribution in [2.75, 3.05) is 19.6 Å². The zero-order chi connectivity index (χ0) is 6.41. The van der Waals surface area contributed by atoms with E-state index in [2.05, 4.69) is 5.32 Å². The van der Waals surface area contributed by atoms with Gasteiger partial charge in [0.25, 0.3) is 6.43 Å². The molecule has 5 heteroatoms. The Labute approximate surface area is 59.2 Å². The van der Waals surface area contributed by atoms with Crippen molar-refractivity contribution in [2.24, 2.45) is 5.73 Å². The average Bonchev–Trinajstić information content (AvgIpc) is 1.66. The zero-order valence-electron chi connectivity index (χ0n) is 4.94. The van der Waals surface area contributed by atoms with Gasteiger partial charge in [0.05, 0.1) is 6.54 Å². The summed E-state index contributed by atoms with van der Waals surface area (Å²) in [5, 5.41) is 2.46. The summed E-state index contributed by atoms with van der Waals surface area (Å²) in [5.74, 6) is 0. The molecule has 2 nitrogen and oxygen atoms in total. The molecule has 0 aliphatic heterocycles. The second kappa shape index (κ2) is 8.07. The van der Waals surface area contributed by atoms with Gasteiger partial charge in [-0.1, -0.05) is 0 Å². The smallest absolute Gasteiger partial charge is 0.250 e. The van der Waals surface area contributed by atoms with Crippen molar-refractivity contribution in [1.29, 1.82) is 0 Å². The molecule has 58 valence electrons. The minimum absolute atomic E-state index is 0. The predicted octanol–water partition coefficient (Wildman–Crippen LogP) is 0.222. The molecule has 0 aliphatic rings. The summed E-state index contributed by atoms with van der Waals surface area (Å²) in [6, 6.07) is 0. The first-order chi connectivity index (χ1) is 3.77. The fourth-order valence-corrected chi connectivity index (χ4v) is 0.313. The van der Waals surface area contributed by atoms with Gasteiger partial charge in [-0.3, -0.25) is 0 Å². The third kappa shape index (κ3) is 11.6. The molecule has 0 rings (SSSR count). The second-order valence-corrected chi connectivity index (χ2v) is 1.38. The van der Waals surface area contributed by atoms with E-state index in [1.165, 1.54) is 0 Å². The summed E-state index contributed by atoms with van der Waals surface area (Å²) in [6.45, 7) is 0.619. The Morgan fingerprint density at radius 2 is 2.00 bits per heavy atom. The lowest BCUT2D eigenvalue weighted by Gasteiger charge is -1.98. The van der Waals surface area contributed by atoms with E-state index in [1.807, 2.05) is 0 Å². The number of halogens is 3. The van der Waals surface area contributed by atoms with E-state index in [9.17, 15) is 8.78 Å². The van der Waals surface area contributed by atoms with Crippen molar-refractivity contribution in [2.45, 2.75) is 6.43 Å². The number of nitrogens with two attached hydrogens (primary N) is 1. The third-order valence-corrected chi connectivity index (χ3v) is 0.620. The highest BCUT2D eigenvalue weighted by Gasteiger charge is 1.97. The second-order valence-electron chi connectivity index (χ2n) is 1.38. The molecule has 0 saturated heterocycles. The molecule has 0 saturated carbocycles. The molecule has 3 N–H and O–H groups in total. The zero-order valence-corrected chi connectivity index (χ0v) is 5.76. The minimum Gasteiger partial charge on any atom is -0.329 e. The van der Waals surface area contributed by atoms with E-state index >= 15 is 0 Å². The minimum atomic E-state index is -2.26. The van der Waals surface area contributed by atoms with Gasteiger partial charge in [-0.15, -0.1) is 12.4 Å². The van der Waals surface area contributed by atoms with Crippen LogP contribution in [0.1, 0.15) is 0 Å². The molecule has 0 bridgehead atoms. The topological polar surface area (TPSA) is 38.0 Å². The molecule has 0 aliphatic carbocycles. The molecule has 0 atom stereocenters. The van der Waals surface area contributed by atoms with Crippen LogP contribution >= 0.6 is 12.4 Å². The van der Waals surface area contributed by atoms with E-state index < -0.39 is 6.43 Å². The molecule has 0 heterocycles. The first-order valence-electron chi connectivity index (χ1n) is 2.46. The van der Waals surface area contributed by atoms with Crippen LogP contribution in [-0.2, 0) is 0 Å². The maximum absolute atomic E-state index is 11.3. The van der Waals surface area contributed by atoms with Gasteiger partial charge in [-0.25, -0.2) is 8.78 Å². The molecule has 0 fully saturated rings. The Kier molecular flexibility index (Phi) is 10.6. The van der Waals surface area contributed by atoms with Crippen LogP contribution in [0.15, 0.2) is 0 Å². The lowest BCUT2D eigenvalue weighted by molar-refractivity contribution is 0.146. The standard InChI is InChI=1S/C4H10F2N2.ClH/c5-4(6)3-8-2-1-7;/h4,8H,1-3,7H2;1H. The fraction of sp³-hybridized carbons (Fsp3) is 1.00. The number of rotatable bonds is 4. The van der Waals surface area contributed by atoms with Crippen LogP contribution in [0.2, 0.25) is 0 Å². The highest BCUT2D eigenvalue weighted by Crippen LogP contribution is 1.85. The maximum atomic E-state index is 11.3. The number of hydrogen-bond donors (Lipinski definition) is 2. The largest absolute Gasteiger partial charge is 0.329 e. The lowest BCUT2D eigenvalue weighted by Crippen LogP contribution is -2.26. The summed E-state index contributed by atoms with van der Waals surface area (Å²) in [6.07, 6.45) is -2.26. The monoisotopic (exact) mass is 160 g/mol. The summed E-state index contributed by atoms with van der Waals surface area (Å²) in [4.78, 5) is 0. The predicted molar refractivity (Wildman–Crippen MR) is 35.2 cm³/mol. The molecule has 9 heavy (non-hydrogen) atoms. The van der Waals surface area contributed by atoms with Crippen LogP contribution in [-0.4, -0.2) is 26.1 Å². The Balaban J connectivity index is 0. The van der Waals surface area contributed by atoms with Gasteiger partial charge in [0, 0.05) is 13.1 Å². The summed E-state index contributed by atoms with van der Waals surface area (Å²) in [7, 11) is 0. The highest BCUT2D eigenvalue weighted by molar-refractivity contribution is 5.85. The van der Waals surface area contributed by atoms with Crippen molar-refractivity contribution >= 4 is 12.4 Å². The van der Waals surface area contributed by atoms with Crippen LogP contribution in [0.3, 0.4) is 0 Å². The quantitative estimate of drug-likeness (QED) is 0.578.